The van der Waals surface area contributed by atoms with Gasteiger partial charge in [0.05, 0.1) is 6.61 Å². The fourth-order valence-corrected chi connectivity index (χ4v) is 2.97. The number of hydrogen-bond acceptors (Lipinski definition) is 3. The molecule has 21 heavy (non-hydrogen) atoms. The van der Waals surface area contributed by atoms with E-state index in [0.717, 1.165) is 26.1 Å². The van der Waals surface area contributed by atoms with Crippen LogP contribution in [0.1, 0.15) is 37.3 Å². The first kappa shape index (κ1) is 15.8. The Kier molecular flexibility index (Phi) is 5.62. The normalized spacial score (nSPS) is 22.8. The molecule has 1 heterocycles. The highest BCUT2D eigenvalue weighted by Crippen LogP contribution is 2.27. The Balaban J connectivity index is 2.04. The fourth-order valence-electron chi connectivity index (χ4n) is 2.97. The average molecular weight is 290 g/mol. The number of benzene rings is 1. The van der Waals surface area contributed by atoms with Crippen molar-refractivity contribution in [3.8, 4) is 0 Å². The Bertz CT molecular complexity index is 458. The molecule has 1 saturated heterocycles. The highest BCUT2D eigenvalue weighted by Gasteiger charge is 2.28. The number of rotatable bonds is 4. The van der Waals surface area contributed by atoms with Gasteiger partial charge < -0.3 is 15.0 Å². The number of amides is 1. The number of carbonyl (C=O) groups excluding carboxylic acids is 1. The molecule has 1 aromatic carbocycles. The minimum absolute atomic E-state index is 0.157. The lowest BCUT2D eigenvalue weighted by Gasteiger charge is -2.37. The van der Waals surface area contributed by atoms with E-state index in [2.05, 4.69) is 48.3 Å². The first-order valence-electron chi connectivity index (χ1n) is 7.84. The number of nitrogens with zero attached hydrogens (tertiary/aromatic N) is 1. The number of carbonyl (C=O) groups is 1. The van der Waals surface area contributed by atoms with Crippen molar-refractivity contribution < 1.29 is 9.53 Å². The Morgan fingerprint density at radius 2 is 2.00 bits per heavy atom. The van der Waals surface area contributed by atoms with Crippen LogP contribution < -0.4 is 5.32 Å². The maximum atomic E-state index is 11.6. The van der Waals surface area contributed by atoms with Gasteiger partial charge in [-0.05, 0) is 38.3 Å². The van der Waals surface area contributed by atoms with E-state index >= 15 is 0 Å². The molecule has 0 bridgehead atoms. The van der Waals surface area contributed by atoms with Crippen molar-refractivity contribution in [1.82, 2.24) is 10.2 Å². The van der Waals surface area contributed by atoms with Crippen LogP contribution in [0.3, 0.4) is 0 Å². The van der Waals surface area contributed by atoms with Gasteiger partial charge in [0.15, 0.2) is 0 Å². The molecule has 0 radical (unpaired) electrons. The van der Waals surface area contributed by atoms with Crippen molar-refractivity contribution in [3.05, 3.63) is 35.4 Å². The second-order valence-corrected chi connectivity index (χ2v) is 5.76. The number of nitrogens with one attached hydrogen (secondary N) is 1. The highest BCUT2D eigenvalue weighted by molar-refractivity contribution is 5.67. The lowest BCUT2D eigenvalue weighted by atomic mass is 9.87. The number of hydrogen-bond donors (Lipinski definition) is 1. The maximum absolute atomic E-state index is 11.6. The summed E-state index contributed by atoms with van der Waals surface area (Å²) in [5.41, 5.74) is 2.64. The van der Waals surface area contributed by atoms with Crippen LogP contribution >= 0.6 is 0 Å². The molecular weight excluding hydrogens is 264 g/mol. The fraction of sp³-hybridized carbons (Fsp3) is 0.588. The minimum atomic E-state index is -0.303. The van der Waals surface area contributed by atoms with Gasteiger partial charge in [0.1, 0.15) is 0 Å². The number of likely N-dealkylation sites (N-methyl/N-ethyl adjacent to an activating group) is 1. The van der Waals surface area contributed by atoms with E-state index in [-0.39, 0.29) is 12.1 Å². The summed E-state index contributed by atoms with van der Waals surface area (Å²) in [4.78, 5) is 14.0. The van der Waals surface area contributed by atoms with Crippen molar-refractivity contribution >= 4 is 6.09 Å². The summed E-state index contributed by atoms with van der Waals surface area (Å²) in [6.07, 6.45) is 0.668. The molecule has 0 aliphatic carbocycles. The molecule has 4 nitrogen and oxygen atoms in total. The van der Waals surface area contributed by atoms with E-state index in [0.29, 0.717) is 12.5 Å². The molecule has 116 valence electrons. The monoisotopic (exact) mass is 290 g/mol. The van der Waals surface area contributed by atoms with E-state index in [4.69, 9.17) is 4.74 Å². The summed E-state index contributed by atoms with van der Waals surface area (Å²) >= 11 is 0. The topological polar surface area (TPSA) is 41.6 Å². The van der Waals surface area contributed by atoms with Crippen LogP contribution in [0, 0.1) is 6.92 Å². The average Bonchev–Trinajstić information content (AvgIpc) is 2.47. The van der Waals surface area contributed by atoms with Gasteiger partial charge in [0, 0.05) is 19.1 Å². The molecule has 4 heteroatoms. The Morgan fingerprint density at radius 1 is 1.29 bits per heavy atom. The molecule has 2 unspecified atom stereocenters. The lowest BCUT2D eigenvalue weighted by molar-refractivity contribution is 0.131. The summed E-state index contributed by atoms with van der Waals surface area (Å²) in [7, 11) is 0. The molecule has 1 aliphatic heterocycles. The molecule has 0 aromatic heterocycles. The zero-order chi connectivity index (χ0) is 15.2. The number of likely N-dealkylation sites (tertiary alicyclic amines) is 1. The molecular formula is C17H26N2O2. The van der Waals surface area contributed by atoms with Crippen LogP contribution in [0.25, 0.3) is 0 Å². The lowest BCUT2D eigenvalue weighted by Crippen LogP contribution is -2.50. The first-order chi connectivity index (χ1) is 10.1. The van der Waals surface area contributed by atoms with Crippen molar-refractivity contribution in [2.75, 3.05) is 26.2 Å². The molecule has 1 aliphatic rings. The third-order valence-corrected chi connectivity index (χ3v) is 4.12. The molecule has 0 spiro atoms. The summed E-state index contributed by atoms with van der Waals surface area (Å²) in [5, 5.41) is 2.99. The van der Waals surface area contributed by atoms with Gasteiger partial charge in [0.2, 0.25) is 0 Å². The van der Waals surface area contributed by atoms with Gasteiger partial charge in [-0.25, -0.2) is 4.79 Å². The molecule has 1 N–H and O–H groups in total. The third-order valence-electron chi connectivity index (χ3n) is 4.12. The summed E-state index contributed by atoms with van der Waals surface area (Å²) < 4.78 is 5.00. The van der Waals surface area contributed by atoms with Crippen LogP contribution in [0.2, 0.25) is 0 Å². The van der Waals surface area contributed by atoms with Gasteiger partial charge in [-0.1, -0.05) is 36.8 Å². The third kappa shape index (κ3) is 4.46. The summed E-state index contributed by atoms with van der Waals surface area (Å²) in [6, 6.07) is 8.90. The number of piperidine rings is 1. The second kappa shape index (κ2) is 7.46. The predicted octanol–water partition coefficient (Wildman–Crippen LogP) is 2.92. The van der Waals surface area contributed by atoms with Gasteiger partial charge in [-0.3, -0.25) is 0 Å². The Labute approximate surface area is 127 Å². The molecule has 2 atom stereocenters. The molecule has 1 aromatic rings. The van der Waals surface area contributed by atoms with E-state index < -0.39 is 0 Å². The van der Waals surface area contributed by atoms with E-state index in [1.54, 1.807) is 0 Å². The number of aryl methyl sites for hydroxylation is 1. The Morgan fingerprint density at radius 3 is 2.62 bits per heavy atom. The van der Waals surface area contributed by atoms with Crippen LogP contribution in [-0.4, -0.2) is 43.3 Å². The van der Waals surface area contributed by atoms with Gasteiger partial charge in [-0.15, -0.1) is 0 Å². The molecule has 0 saturated carbocycles. The van der Waals surface area contributed by atoms with Gasteiger partial charge in [0.25, 0.3) is 0 Å². The van der Waals surface area contributed by atoms with Crippen molar-refractivity contribution in [2.45, 2.75) is 39.2 Å². The first-order valence-corrected chi connectivity index (χ1v) is 7.84. The van der Waals surface area contributed by atoms with E-state index in [1.807, 2.05) is 6.92 Å². The predicted molar refractivity (Wildman–Crippen MR) is 84.6 cm³/mol. The van der Waals surface area contributed by atoms with Crippen molar-refractivity contribution in [1.29, 1.82) is 0 Å². The highest BCUT2D eigenvalue weighted by atomic mass is 16.5. The van der Waals surface area contributed by atoms with Crippen LogP contribution in [0.4, 0.5) is 4.79 Å². The summed E-state index contributed by atoms with van der Waals surface area (Å²) in [5.74, 6) is 0.464. The summed E-state index contributed by atoms with van der Waals surface area (Å²) in [6.45, 7) is 9.47. The smallest absolute Gasteiger partial charge is 0.407 e. The Hall–Kier alpha value is -1.55. The molecule has 2 rings (SSSR count). The second-order valence-electron chi connectivity index (χ2n) is 5.76. The number of ether oxygens (including phenoxy) is 1. The minimum Gasteiger partial charge on any atom is -0.450 e. The SMILES string of the molecule is CCOC(=O)NC1CC(c2ccc(C)cc2)CN(CC)C1. The largest absolute Gasteiger partial charge is 0.450 e. The van der Waals surface area contributed by atoms with Crippen LogP contribution in [0.15, 0.2) is 24.3 Å². The van der Waals surface area contributed by atoms with Crippen LogP contribution in [-0.2, 0) is 4.74 Å². The van der Waals surface area contributed by atoms with E-state index in [1.165, 1.54) is 11.1 Å². The quantitative estimate of drug-likeness (QED) is 0.927. The van der Waals surface area contributed by atoms with Gasteiger partial charge in [-0.2, -0.15) is 0 Å². The van der Waals surface area contributed by atoms with E-state index in [9.17, 15) is 4.79 Å². The maximum Gasteiger partial charge on any atom is 0.407 e. The van der Waals surface area contributed by atoms with Crippen molar-refractivity contribution in [3.63, 3.8) is 0 Å². The molecule has 1 fully saturated rings. The zero-order valence-electron chi connectivity index (χ0n) is 13.3. The van der Waals surface area contributed by atoms with Crippen molar-refractivity contribution in [2.24, 2.45) is 0 Å². The van der Waals surface area contributed by atoms with Gasteiger partial charge >= 0.3 is 6.09 Å². The standard InChI is InChI=1S/C17H26N2O2/c1-4-19-11-15(14-8-6-13(3)7-9-14)10-16(12-19)18-17(20)21-5-2/h6-9,15-16H,4-5,10-12H2,1-3H3,(H,18,20). The number of alkyl carbamates (subject to hydrolysis) is 1. The molecule has 1 amide bonds. The zero-order valence-corrected chi connectivity index (χ0v) is 13.3. The van der Waals surface area contributed by atoms with Crippen LogP contribution in [0.5, 0.6) is 0 Å².